The van der Waals surface area contributed by atoms with Crippen molar-refractivity contribution in [1.29, 1.82) is 0 Å². The van der Waals surface area contributed by atoms with Gasteiger partial charge in [0, 0.05) is 23.4 Å². The Kier molecular flexibility index (Phi) is 2.63. The molecular formula is C17H11NO4. The summed E-state index contributed by atoms with van der Waals surface area (Å²) < 4.78 is 10.8. The van der Waals surface area contributed by atoms with Gasteiger partial charge >= 0.3 is 5.63 Å². The smallest absolute Gasteiger partial charge is 0.363 e. The van der Waals surface area contributed by atoms with Crippen LogP contribution in [0.2, 0.25) is 0 Å². The second kappa shape index (κ2) is 4.53. The molecule has 2 heterocycles. The molecule has 0 aliphatic rings. The minimum absolute atomic E-state index is 0.266. The maximum Gasteiger partial charge on any atom is 0.363 e. The van der Waals surface area contributed by atoms with Crippen LogP contribution in [-0.2, 0) is 11.2 Å². The molecule has 0 aliphatic heterocycles. The largest absolute Gasteiger partial charge is 0.493 e. The van der Waals surface area contributed by atoms with Crippen molar-refractivity contribution in [3.05, 3.63) is 46.4 Å². The predicted molar refractivity (Wildman–Crippen MR) is 82.8 cm³/mol. The highest BCUT2D eigenvalue weighted by Gasteiger charge is 2.19. The molecular weight excluding hydrogens is 282 g/mol. The van der Waals surface area contributed by atoms with E-state index < -0.39 is 5.63 Å². The fourth-order valence-corrected chi connectivity index (χ4v) is 3.01. The Balaban J connectivity index is 2.37. The molecule has 22 heavy (non-hydrogen) atoms. The van der Waals surface area contributed by atoms with E-state index >= 15 is 0 Å². The number of nitrogens with zero attached hydrogens (tertiary/aromatic N) is 1. The van der Waals surface area contributed by atoms with Crippen LogP contribution < -0.4 is 10.4 Å². The fraction of sp³-hybridized carbons (Fsp3) is 0.118. The number of aldehydes is 1. The van der Waals surface area contributed by atoms with Crippen molar-refractivity contribution in [2.75, 3.05) is 7.11 Å². The van der Waals surface area contributed by atoms with Gasteiger partial charge < -0.3 is 13.9 Å². The first-order valence-electron chi connectivity index (χ1n) is 6.81. The lowest BCUT2D eigenvalue weighted by Crippen LogP contribution is -2.05. The Morgan fingerprint density at radius 3 is 2.91 bits per heavy atom. The van der Waals surface area contributed by atoms with Gasteiger partial charge in [-0.05, 0) is 28.5 Å². The van der Waals surface area contributed by atoms with Crippen molar-refractivity contribution >= 4 is 38.9 Å². The van der Waals surface area contributed by atoms with Crippen LogP contribution in [0.1, 0.15) is 5.56 Å². The van der Waals surface area contributed by atoms with Gasteiger partial charge in [-0.15, -0.1) is 0 Å². The van der Waals surface area contributed by atoms with Gasteiger partial charge in [0.2, 0.25) is 0 Å². The van der Waals surface area contributed by atoms with E-state index in [1.807, 2.05) is 18.2 Å². The topological polar surface area (TPSA) is 69.4 Å². The standard InChI is InChI=1S/C17H11NO4/c1-21-12-8-10(5-7-19)11-3-2-9-4-6-18-15-13(9)14(11)16(12)22-17(15)20/h2-4,6-8H,5H2,1H3. The summed E-state index contributed by atoms with van der Waals surface area (Å²) in [5, 5.41) is 3.30. The molecule has 0 aliphatic carbocycles. The Morgan fingerprint density at radius 1 is 1.27 bits per heavy atom. The van der Waals surface area contributed by atoms with Crippen LogP contribution in [-0.4, -0.2) is 18.4 Å². The van der Waals surface area contributed by atoms with E-state index in [2.05, 4.69) is 4.98 Å². The molecule has 0 atom stereocenters. The average molecular weight is 293 g/mol. The van der Waals surface area contributed by atoms with E-state index in [4.69, 9.17) is 9.15 Å². The van der Waals surface area contributed by atoms with Gasteiger partial charge in [-0.1, -0.05) is 12.1 Å². The summed E-state index contributed by atoms with van der Waals surface area (Å²) in [6, 6.07) is 7.44. The fourth-order valence-electron chi connectivity index (χ4n) is 3.01. The molecule has 2 aromatic heterocycles. The lowest BCUT2D eigenvalue weighted by atomic mass is 9.96. The Morgan fingerprint density at radius 2 is 2.14 bits per heavy atom. The average Bonchev–Trinajstić information content (AvgIpc) is 2.55. The molecule has 0 radical (unpaired) electrons. The monoisotopic (exact) mass is 293 g/mol. The number of ether oxygens (including phenoxy) is 1. The molecule has 4 rings (SSSR count). The molecule has 5 heteroatoms. The summed E-state index contributed by atoms with van der Waals surface area (Å²) >= 11 is 0. The number of hydrogen-bond acceptors (Lipinski definition) is 5. The summed E-state index contributed by atoms with van der Waals surface area (Å²) in [6.07, 6.45) is 2.70. The van der Waals surface area contributed by atoms with Crippen LogP contribution >= 0.6 is 0 Å². The van der Waals surface area contributed by atoms with Crippen molar-refractivity contribution in [3.8, 4) is 5.75 Å². The predicted octanol–water partition coefficient (Wildman–Crippen LogP) is 2.68. The highest BCUT2D eigenvalue weighted by Crippen LogP contribution is 2.38. The summed E-state index contributed by atoms with van der Waals surface area (Å²) in [5.41, 5.74) is 1.02. The van der Waals surface area contributed by atoms with Gasteiger partial charge in [0.15, 0.2) is 16.8 Å². The molecule has 0 N–H and O–H groups in total. The lowest BCUT2D eigenvalue weighted by molar-refractivity contribution is -0.107. The summed E-state index contributed by atoms with van der Waals surface area (Å²) in [5.74, 6) is 0.444. The van der Waals surface area contributed by atoms with Gasteiger partial charge in [0.05, 0.1) is 7.11 Å². The summed E-state index contributed by atoms with van der Waals surface area (Å²) in [4.78, 5) is 27.3. The Labute approximate surface area is 124 Å². The van der Waals surface area contributed by atoms with Gasteiger partial charge in [0.25, 0.3) is 0 Å². The van der Waals surface area contributed by atoms with Crippen molar-refractivity contribution in [2.45, 2.75) is 6.42 Å². The quantitative estimate of drug-likeness (QED) is 0.330. The van der Waals surface area contributed by atoms with Crippen LogP contribution in [0.25, 0.3) is 32.6 Å². The first-order chi connectivity index (χ1) is 10.7. The van der Waals surface area contributed by atoms with E-state index in [0.29, 0.717) is 16.8 Å². The van der Waals surface area contributed by atoms with Crippen LogP contribution in [0.3, 0.4) is 0 Å². The molecule has 108 valence electrons. The van der Waals surface area contributed by atoms with Crippen LogP contribution in [0.4, 0.5) is 0 Å². The minimum atomic E-state index is -0.493. The van der Waals surface area contributed by atoms with Crippen molar-refractivity contribution in [2.24, 2.45) is 0 Å². The SMILES string of the molecule is COc1cc(CC=O)c2ccc3ccnc4c(=O)oc1c2c34. The van der Waals surface area contributed by atoms with E-state index in [0.717, 1.165) is 33.4 Å². The molecule has 2 aromatic carbocycles. The number of hydrogen-bond donors (Lipinski definition) is 0. The third-order valence-electron chi connectivity index (χ3n) is 3.95. The molecule has 5 nitrogen and oxygen atoms in total. The van der Waals surface area contributed by atoms with Crippen molar-refractivity contribution < 1.29 is 13.9 Å². The molecule has 0 fully saturated rings. The maximum absolute atomic E-state index is 12.2. The van der Waals surface area contributed by atoms with Gasteiger partial charge in [-0.2, -0.15) is 0 Å². The molecule has 0 saturated carbocycles. The van der Waals surface area contributed by atoms with Crippen LogP contribution in [0.15, 0.2) is 39.7 Å². The van der Waals surface area contributed by atoms with Crippen molar-refractivity contribution in [3.63, 3.8) is 0 Å². The zero-order valence-corrected chi connectivity index (χ0v) is 11.8. The first-order valence-corrected chi connectivity index (χ1v) is 6.81. The molecule has 0 bridgehead atoms. The van der Waals surface area contributed by atoms with Crippen LogP contribution in [0.5, 0.6) is 5.75 Å². The third-order valence-corrected chi connectivity index (χ3v) is 3.95. The van der Waals surface area contributed by atoms with Crippen LogP contribution in [0, 0.1) is 0 Å². The number of benzene rings is 2. The Bertz CT molecular complexity index is 1080. The second-order valence-electron chi connectivity index (χ2n) is 5.07. The van der Waals surface area contributed by atoms with E-state index in [1.54, 1.807) is 12.3 Å². The highest BCUT2D eigenvalue weighted by molar-refractivity contribution is 6.22. The third kappa shape index (κ3) is 1.56. The molecule has 0 saturated heterocycles. The molecule has 0 unspecified atom stereocenters. The normalized spacial score (nSPS) is 11.5. The minimum Gasteiger partial charge on any atom is -0.493 e. The van der Waals surface area contributed by atoms with E-state index in [1.165, 1.54) is 7.11 Å². The molecule has 0 spiro atoms. The lowest BCUT2D eigenvalue weighted by Gasteiger charge is -2.13. The highest BCUT2D eigenvalue weighted by atomic mass is 16.5. The Hall–Kier alpha value is -2.95. The number of pyridine rings is 1. The van der Waals surface area contributed by atoms with E-state index in [9.17, 15) is 9.59 Å². The zero-order chi connectivity index (χ0) is 15.3. The molecule has 0 amide bonds. The number of methoxy groups -OCH3 is 1. The number of rotatable bonds is 3. The summed E-state index contributed by atoms with van der Waals surface area (Å²) in [7, 11) is 1.51. The van der Waals surface area contributed by atoms with E-state index in [-0.39, 0.29) is 6.42 Å². The molecule has 4 aromatic rings. The van der Waals surface area contributed by atoms with Crippen molar-refractivity contribution in [1.82, 2.24) is 4.98 Å². The maximum atomic E-state index is 12.2. The zero-order valence-electron chi connectivity index (χ0n) is 11.8. The number of carbonyl (C=O) groups excluding carboxylic acids is 1. The second-order valence-corrected chi connectivity index (χ2v) is 5.07. The van der Waals surface area contributed by atoms with Gasteiger partial charge in [-0.25, -0.2) is 9.78 Å². The number of aromatic nitrogens is 1. The first kappa shape index (κ1) is 12.8. The van der Waals surface area contributed by atoms with Gasteiger partial charge in [0.1, 0.15) is 6.29 Å². The van der Waals surface area contributed by atoms with Gasteiger partial charge in [-0.3, -0.25) is 0 Å². The summed E-state index contributed by atoms with van der Waals surface area (Å²) in [6.45, 7) is 0. The number of carbonyl (C=O) groups is 1.